The van der Waals surface area contributed by atoms with E-state index in [9.17, 15) is 6.85 Å². The fraction of sp³-hybridized carbons (Fsp3) is 0.294. The summed E-state index contributed by atoms with van der Waals surface area (Å²) >= 11 is 1.76. The SMILES string of the molecule is [2H]c1cc(C(C)(C)C(C)(C)C)cc(-n2c3[c-]c(Oc4[c-]c(N5[CH-]N(c6c(-c7cc(C(C)(C)C)cc(C(C)(C)C)c7)cc(C(C)(C)C)cc6-c6c([2H])c([2H])c([2H])c([2H])c6[2H])c6ccccc65)cc(-c5c(C([2H])(C)C)cccc5C([2H])(C)C)c4)ccc3c3c4sc5ccccc5c4ccc32)n1.[Pt]. The van der Waals surface area contributed by atoms with Crippen LogP contribution in [-0.2, 0) is 42.7 Å². The van der Waals surface area contributed by atoms with Crippen molar-refractivity contribution >= 4 is 76.1 Å². The van der Waals surface area contributed by atoms with Gasteiger partial charge in [0.05, 0.1) is 8.22 Å². The molecule has 0 atom stereocenters. The number of hydrogen-bond acceptors (Lipinski definition) is 5. The van der Waals surface area contributed by atoms with E-state index in [1.807, 2.05) is 107 Å². The van der Waals surface area contributed by atoms with Crippen LogP contribution in [0.5, 0.6) is 11.5 Å². The van der Waals surface area contributed by atoms with Gasteiger partial charge in [-0.1, -0.05) is 233 Å². The normalized spacial score (nSPS) is 14.8. The molecule has 12 aromatic rings. The zero-order valence-electron chi connectivity index (χ0n) is 64.4. The zero-order chi connectivity index (χ0) is 71.5. The first-order chi connectivity index (χ1) is 46.1. The van der Waals surface area contributed by atoms with Crippen molar-refractivity contribution in [2.45, 2.75) is 158 Å². The summed E-state index contributed by atoms with van der Waals surface area (Å²) in [6, 6.07) is 55.4. The minimum Gasteiger partial charge on any atom is -0.509 e. The van der Waals surface area contributed by atoms with Crippen molar-refractivity contribution in [2.75, 3.05) is 9.80 Å². The molecule has 0 radical (unpaired) electrons. The Hall–Kier alpha value is -7.76. The maximum Gasteiger partial charge on any atom is 0.135 e. The van der Waals surface area contributed by atoms with E-state index in [1.54, 1.807) is 11.3 Å². The van der Waals surface area contributed by atoms with Crippen LogP contribution >= 0.6 is 11.3 Å². The standard InChI is InChI=1S/C85H87N4OS.Pt/c1-52(2)64-30-26-31-65(53(3)4)77(64)56-43-61(49-63(44-56)90-62-35-36-68-74(50-62)89(76-48-57(39-40-86-76)85(17,18)84(14,15)16)73-38-37-67-66-29-22-25-34-75(66)91-80(67)78(68)73)87-51-88(72-33-24-23-32-71(72)87)79-69(54-27-20-19-21-28-54)46-60(83(11,12)13)47-70(79)55-41-58(81(5,6)7)45-59(42-55)82(8,9)10;/h19-48,51-53H,1-18H3;/q-3;/i19D,20D,21D,27D,28D,40D,52D,53D;. The first-order valence-corrected chi connectivity index (χ1v) is 32.6. The van der Waals surface area contributed by atoms with Crippen molar-refractivity contribution in [3.8, 4) is 50.7 Å². The summed E-state index contributed by atoms with van der Waals surface area (Å²) in [5.74, 6) is -0.934. The number of para-hydroxylation sites is 2. The topological polar surface area (TPSA) is 33.5 Å². The molecule has 1 aliphatic rings. The van der Waals surface area contributed by atoms with E-state index in [-0.39, 0.29) is 66.5 Å². The molecule has 92 heavy (non-hydrogen) atoms. The second-order valence-corrected chi connectivity index (χ2v) is 30.9. The van der Waals surface area contributed by atoms with Crippen LogP contribution < -0.4 is 14.5 Å². The van der Waals surface area contributed by atoms with E-state index in [1.165, 1.54) is 10.1 Å². The number of rotatable bonds is 11. The Labute approximate surface area is 577 Å². The van der Waals surface area contributed by atoms with Crippen LogP contribution in [0.25, 0.3) is 81.2 Å². The smallest absolute Gasteiger partial charge is 0.135 e. The first kappa shape index (κ1) is 54.8. The molecule has 0 amide bonds. The third kappa shape index (κ3) is 11.5. The Balaban J connectivity index is 0.00000948. The molecule has 5 nitrogen and oxygen atoms in total. The quantitative estimate of drug-likeness (QED) is 0.121. The number of nitrogens with zero attached hydrogens (tertiary/aromatic N) is 4. The van der Waals surface area contributed by atoms with Gasteiger partial charge in [0, 0.05) is 95.4 Å². The number of benzene rings is 9. The molecule has 13 rings (SSSR count). The molecule has 0 unspecified atom stereocenters. The van der Waals surface area contributed by atoms with Crippen LogP contribution in [0.1, 0.15) is 181 Å². The molecule has 0 saturated heterocycles. The molecule has 1 aliphatic heterocycles. The summed E-state index contributed by atoms with van der Waals surface area (Å²) < 4.78 is 86.9. The maximum atomic E-state index is 9.71. The van der Waals surface area contributed by atoms with Gasteiger partial charge in [0.25, 0.3) is 0 Å². The molecule has 4 heterocycles. The van der Waals surface area contributed by atoms with Gasteiger partial charge in [-0.2, -0.15) is 6.07 Å². The number of thiophene rings is 1. The Kier molecular flexibility index (Phi) is 14.1. The van der Waals surface area contributed by atoms with Crippen molar-refractivity contribution in [3.05, 3.63) is 234 Å². The van der Waals surface area contributed by atoms with Gasteiger partial charge < -0.3 is 19.1 Å². The van der Waals surface area contributed by atoms with Crippen LogP contribution in [0.3, 0.4) is 0 Å². The number of anilines is 4. The minimum atomic E-state index is -1.12. The number of fused-ring (bicyclic) bond motifs is 8. The Morgan fingerprint density at radius 1 is 0.543 bits per heavy atom. The van der Waals surface area contributed by atoms with Gasteiger partial charge in [-0.05, 0) is 143 Å². The number of ether oxygens (including phenoxy) is 1. The number of aromatic nitrogens is 2. The molecule has 0 saturated carbocycles. The first-order valence-electron chi connectivity index (χ1n) is 35.8. The average Bonchev–Trinajstić information content (AvgIpc) is 1.50. The van der Waals surface area contributed by atoms with Crippen molar-refractivity contribution in [1.29, 1.82) is 0 Å². The molecular weight excluding hydrogens is 1320 g/mol. The Morgan fingerprint density at radius 3 is 1.77 bits per heavy atom. The Morgan fingerprint density at radius 2 is 1.14 bits per heavy atom. The van der Waals surface area contributed by atoms with Crippen molar-refractivity contribution < 1.29 is 36.8 Å². The second kappa shape index (κ2) is 23.7. The predicted octanol–water partition coefficient (Wildman–Crippen LogP) is 24.8. The molecule has 0 spiro atoms. The van der Waals surface area contributed by atoms with E-state index in [0.717, 1.165) is 87.8 Å². The van der Waals surface area contributed by atoms with Gasteiger partial charge in [0.2, 0.25) is 0 Å². The maximum absolute atomic E-state index is 9.71. The fourth-order valence-corrected chi connectivity index (χ4v) is 14.0. The molecular formula is C85H87N4OPtS-3. The van der Waals surface area contributed by atoms with Crippen molar-refractivity contribution in [3.63, 3.8) is 0 Å². The van der Waals surface area contributed by atoms with Crippen LogP contribution in [0.2, 0.25) is 0 Å². The van der Waals surface area contributed by atoms with E-state index >= 15 is 0 Å². The summed E-state index contributed by atoms with van der Waals surface area (Å²) in [5, 5.41) is 4.32. The molecule has 0 fully saturated rings. The van der Waals surface area contributed by atoms with Crippen LogP contribution in [0.4, 0.5) is 22.7 Å². The van der Waals surface area contributed by atoms with Crippen LogP contribution in [0, 0.1) is 24.2 Å². The van der Waals surface area contributed by atoms with Crippen molar-refractivity contribution in [1.82, 2.24) is 9.55 Å². The van der Waals surface area contributed by atoms with Crippen LogP contribution in [0.15, 0.2) is 182 Å². The van der Waals surface area contributed by atoms with E-state index in [2.05, 4.69) is 196 Å². The summed E-state index contributed by atoms with van der Waals surface area (Å²) in [5.41, 5.74) is 12.1. The fourth-order valence-electron chi connectivity index (χ4n) is 12.7. The monoisotopic (exact) mass is 1410 g/mol. The van der Waals surface area contributed by atoms with Crippen molar-refractivity contribution in [2.24, 2.45) is 5.41 Å². The molecule has 3 aromatic heterocycles. The van der Waals surface area contributed by atoms with Gasteiger partial charge >= 0.3 is 0 Å². The third-order valence-electron chi connectivity index (χ3n) is 19.0. The molecule has 0 N–H and O–H groups in total. The van der Waals surface area contributed by atoms with E-state index < -0.39 is 35.3 Å². The summed E-state index contributed by atoms with van der Waals surface area (Å²) in [6.45, 7) is 40.3. The van der Waals surface area contributed by atoms with E-state index in [0.29, 0.717) is 45.3 Å². The van der Waals surface area contributed by atoms with Gasteiger partial charge in [-0.3, -0.25) is 0 Å². The molecule has 472 valence electrons. The second-order valence-electron chi connectivity index (χ2n) is 29.8. The summed E-state index contributed by atoms with van der Waals surface area (Å²) in [7, 11) is 0. The minimum absolute atomic E-state index is 0. The van der Waals surface area contributed by atoms with Gasteiger partial charge in [-0.15, -0.1) is 65.0 Å². The Bertz CT molecular complexity index is 5200. The predicted molar refractivity (Wildman–Crippen MR) is 390 cm³/mol. The summed E-state index contributed by atoms with van der Waals surface area (Å²) in [6.07, 6.45) is 0.155. The van der Waals surface area contributed by atoms with Gasteiger partial charge in [0.15, 0.2) is 0 Å². The average molecular weight is 1420 g/mol. The molecule has 9 aromatic carbocycles. The summed E-state index contributed by atoms with van der Waals surface area (Å²) in [4.78, 5) is 9.15. The number of pyridine rings is 1. The zero-order valence-corrected chi connectivity index (χ0v) is 59.4. The molecule has 0 aliphatic carbocycles. The molecule has 0 bridgehead atoms. The molecule has 7 heteroatoms. The van der Waals surface area contributed by atoms with Gasteiger partial charge in [0.1, 0.15) is 5.82 Å². The third-order valence-corrected chi connectivity index (χ3v) is 20.2. The largest absolute Gasteiger partial charge is 0.509 e. The van der Waals surface area contributed by atoms with Crippen LogP contribution in [-0.4, -0.2) is 9.55 Å². The number of hydrogen-bond donors (Lipinski definition) is 0. The van der Waals surface area contributed by atoms with Gasteiger partial charge in [-0.25, -0.2) is 4.98 Å². The van der Waals surface area contributed by atoms with E-state index in [4.69, 9.17) is 13.8 Å².